The molecule has 1 aliphatic carbocycles. The summed E-state index contributed by atoms with van der Waals surface area (Å²) in [7, 11) is 4.13. The largest absolute Gasteiger partial charge is 0.345 e. The molecule has 116 valence electrons. The molecule has 2 fully saturated rings. The zero-order valence-electron chi connectivity index (χ0n) is 13.5. The Bertz CT molecular complexity index is 347. The highest BCUT2D eigenvalue weighted by Crippen LogP contribution is 2.34. The molecule has 2 N–H and O–H groups in total. The van der Waals surface area contributed by atoms with E-state index < -0.39 is 0 Å². The number of nitrogens with two attached hydrogens (primary N) is 1. The first-order valence-electron chi connectivity index (χ1n) is 8.07. The first-order chi connectivity index (χ1) is 9.38. The molecule has 1 heterocycles. The highest BCUT2D eigenvalue weighted by Gasteiger charge is 2.36. The molecule has 0 aromatic heterocycles. The van der Waals surface area contributed by atoms with Crippen LogP contribution in [0.1, 0.15) is 33.1 Å². The maximum atomic E-state index is 12.7. The van der Waals surface area contributed by atoms with Crippen molar-refractivity contribution in [2.75, 3.05) is 33.7 Å². The van der Waals surface area contributed by atoms with Crippen molar-refractivity contribution in [3.63, 3.8) is 0 Å². The van der Waals surface area contributed by atoms with Gasteiger partial charge in [0.05, 0.1) is 0 Å². The number of carbonyl (C=O) groups excluding carboxylic acids is 1. The molecular weight excluding hydrogens is 250 g/mol. The van der Waals surface area contributed by atoms with Crippen molar-refractivity contribution in [1.29, 1.82) is 0 Å². The monoisotopic (exact) mass is 281 g/mol. The van der Waals surface area contributed by atoms with E-state index in [1.165, 1.54) is 6.42 Å². The lowest BCUT2D eigenvalue weighted by molar-refractivity contribution is -0.138. The van der Waals surface area contributed by atoms with Crippen LogP contribution in [0.3, 0.4) is 0 Å². The number of amides is 1. The van der Waals surface area contributed by atoms with Gasteiger partial charge in [0.1, 0.15) is 0 Å². The molecule has 20 heavy (non-hydrogen) atoms. The fourth-order valence-electron chi connectivity index (χ4n) is 3.96. The average molecular weight is 281 g/mol. The number of hydrogen-bond acceptors (Lipinski definition) is 3. The van der Waals surface area contributed by atoms with Crippen LogP contribution >= 0.6 is 0 Å². The van der Waals surface area contributed by atoms with E-state index in [0.29, 0.717) is 23.7 Å². The Labute approximate surface area is 123 Å². The van der Waals surface area contributed by atoms with Gasteiger partial charge in [-0.2, -0.15) is 0 Å². The van der Waals surface area contributed by atoms with E-state index >= 15 is 0 Å². The Kier molecular flexibility index (Phi) is 5.08. The first kappa shape index (κ1) is 15.8. The van der Waals surface area contributed by atoms with Gasteiger partial charge in [-0.05, 0) is 50.6 Å². The maximum Gasteiger partial charge on any atom is 0.225 e. The van der Waals surface area contributed by atoms with Gasteiger partial charge < -0.3 is 15.5 Å². The molecule has 1 saturated carbocycles. The summed E-state index contributed by atoms with van der Waals surface area (Å²) in [6.45, 7) is 7.60. The smallest absolute Gasteiger partial charge is 0.225 e. The number of rotatable bonds is 3. The first-order valence-corrected chi connectivity index (χ1v) is 8.07. The van der Waals surface area contributed by atoms with Crippen LogP contribution in [0.5, 0.6) is 0 Å². The molecule has 4 heteroatoms. The summed E-state index contributed by atoms with van der Waals surface area (Å²) in [5.41, 5.74) is 6.17. The Morgan fingerprint density at radius 2 is 2.00 bits per heavy atom. The second kappa shape index (κ2) is 6.44. The summed E-state index contributed by atoms with van der Waals surface area (Å²) in [6.07, 6.45) is 3.15. The number of carbonyl (C=O) groups is 1. The van der Waals surface area contributed by atoms with Crippen molar-refractivity contribution < 1.29 is 4.79 Å². The molecule has 1 saturated heterocycles. The van der Waals surface area contributed by atoms with Gasteiger partial charge in [-0.3, -0.25) is 4.79 Å². The van der Waals surface area contributed by atoms with Crippen LogP contribution in [-0.4, -0.2) is 55.5 Å². The number of hydrogen-bond donors (Lipinski definition) is 1. The fourth-order valence-corrected chi connectivity index (χ4v) is 3.96. The van der Waals surface area contributed by atoms with Gasteiger partial charge in [0, 0.05) is 32.1 Å². The molecule has 0 aromatic rings. The molecule has 5 atom stereocenters. The van der Waals surface area contributed by atoms with Crippen LogP contribution in [0.25, 0.3) is 0 Å². The Morgan fingerprint density at radius 3 is 2.60 bits per heavy atom. The van der Waals surface area contributed by atoms with Crippen molar-refractivity contribution in [1.82, 2.24) is 9.80 Å². The maximum absolute atomic E-state index is 12.7. The standard InChI is InChI=1S/C16H31N3O/c1-11-7-12(2)15(17)8-14(11)16(20)19(4)10-13-5-6-18(3)9-13/h11-15H,5-10,17H2,1-4H3. The highest BCUT2D eigenvalue weighted by atomic mass is 16.2. The second-order valence-electron chi connectivity index (χ2n) is 7.33. The lowest BCUT2D eigenvalue weighted by Gasteiger charge is -2.38. The van der Waals surface area contributed by atoms with Gasteiger partial charge in [0.2, 0.25) is 5.91 Å². The van der Waals surface area contributed by atoms with E-state index in [1.807, 2.05) is 11.9 Å². The minimum atomic E-state index is 0.130. The van der Waals surface area contributed by atoms with Gasteiger partial charge in [0.25, 0.3) is 0 Å². The van der Waals surface area contributed by atoms with Gasteiger partial charge in [-0.1, -0.05) is 13.8 Å². The van der Waals surface area contributed by atoms with Crippen molar-refractivity contribution in [2.24, 2.45) is 29.4 Å². The zero-order valence-corrected chi connectivity index (χ0v) is 13.5. The summed E-state index contributed by atoms with van der Waals surface area (Å²) in [5.74, 6) is 2.09. The van der Waals surface area contributed by atoms with Gasteiger partial charge in [0.15, 0.2) is 0 Å². The van der Waals surface area contributed by atoms with Crippen LogP contribution in [0, 0.1) is 23.7 Å². The average Bonchev–Trinajstić information content (AvgIpc) is 2.78. The summed E-state index contributed by atoms with van der Waals surface area (Å²) in [6, 6.07) is 0.186. The lowest BCUT2D eigenvalue weighted by atomic mass is 9.72. The number of nitrogens with zero attached hydrogens (tertiary/aromatic N) is 2. The van der Waals surface area contributed by atoms with Crippen LogP contribution in [0.4, 0.5) is 0 Å². The van der Waals surface area contributed by atoms with E-state index in [2.05, 4.69) is 25.8 Å². The quantitative estimate of drug-likeness (QED) is 0.851. The van der Waals surface area contributed by atoms with E-state index in [0.717, 1.165) is 32.5 Å². The molecule has 0 spiro atoms. The lowest BCUT2D eigenvalue weighted by Crippen LogP contribution is -2.46. The molecule has 5 unspecified atom stereocenters. The third kappa shape index (κ3) is 3.53. The highest BCUT2D eigenvalue weighted by molar-refractivity contribution is 5.79. The van der Waals surface area contributed by atoms with Crippen LogP contribution in [0.2, 0.25) is 0 Å². The van der Waals surface area contributed by atoms with Gasteiger partial charge >= 0.3 is 0 Å². The molecule has 1 amide bonds. The van der Waals surface area contributed by atoms with Crippen LogP contribution in [-0.2, 0) is 4.79 Å². The fraction of sp³-hybridized carbons (Fsp3) is 0.938. The van der Waals surface area contributed by atoms with Gasteiger partial charge in [-0.15, -0.1) is 0 Å². The van der Waals surface area contributed by atoms with E-state index in [1.54, 1.807) is 0 Å². The normalized spacial score (nSPS) is 39.0. The van der Waals surface area contributed by atoms with Gasteiger partial charge in [-0.25, -0.2) is 0 Å². The van der Waals surface area contributed by atoms with E-state index in [4.69, 9.17) is 5.73 Å². The molecule has 2 rings (SSSR count). The van der Waals surface area contributed by atoms with E-state index in [-0.39, 0.29) is 12.0 Å². The minimum absolute atomic E-state index is 0.130. The predicted molar refractivity (Wildman–Crippen MR) is 82.3 cm³/mol. The molecule has 1 aliphatic heterocycles. The molecular formula is C16H31N3O. The summed E-state index contributed by atoms with van der Waals surface area (Å²) in [4.78, 5) is 17.0. The Balaban J connectivity index is 1.89. The van der Waals surface area contributed by atoms with E-state index in [9.17, 15) is 4.79 Å². The topological polar surface area (TPSA) is 49.6 Å². The third-order valence-electron chi connectivity index (χ3n) is 5.40. The third-order valence-corrected chi connectivity index (χ3v) is 5.40. The van der Waals surface area contributed by atoms with Crippen LogP contribution in [0.15, 0.2) is 0 Å². The predicted octanol–water partition coefficient (Wildman–Crippen LogP) is 1.41. The summed E-state index contributed by atoms with van der Waals surface area (Å²) >= 11 is 0. The van der Waals surface area contributed by atoms with Crippen molar-refractivity contribution in [3.8, 4) is 0 Å². The minimum Gasteiger partial charge on any atom is -0.345 e. The molecule has 0 radical (unpaired) electrons. The molecule has 0 aromatic carbocycles. The second-order valence-corrected chi connectivity index (χ2v) is 7.33. The van der Waals surface area contributed by atoms with Crippen molar-refractivity contribution >= 4 is 5.91 Å². The van der Waals surface area contributed by atoms with Crippen molar-refractivity contribution in [2.45, 2.75) is 39.2 Å². The Morgan fingerprint density at radius 1 is 1.30 bits per heavy atom. The summed E-state index contributed by atoms with van der Waals surface area (Å²) < 4.78 is 0. The van der Waals surface area contributed by atoms with Crippen LogP contribution < -0.4 is 5.73 Å². The molecule has 2 aliphatic rings. The molecule has 0 bridgehead atoms. The summed E-state index contributed by atoms with van der Waals surface area (Å²) in [5, 5.41) is 0. The zero-order chi connectivity index (χ0) is 14.9. The van der Waals surface area contributed by atoms with Crippen molar-refractivity contribution in [3.05, 3.63) is 0 Å². The molecule has 4 nitrogen and oxygen atoms in total. The SMILES string of the molecule is CC1CC(C)C(C(=O)N(C)CC2CCN(C)C2)CC1N. The number of likely N-dealkylation sites (tertiary alicyclic amines) is 1. The Hall–Kier alpha value is -0.610.